The standard InChI is InChI=1S/C14H14ClNO4S/c1-20-14(18)10-6-5-9(8-17)12(15)13(10)16-11-4-2-3-7-21(11)19/h5-6,8H,2-4,7H2,1H3. The molecule has 1 unspecified atom stereocenters. The van der Waals surface area contributed by atoms with Gasteiger partial charge in [-0.1, -0.05) is 11.6 Å². The molecule has 1 atom stereocenters. The molecule has 5 nitrogen and oxygen atoms in total. The summed E-state index contributed by atoms with van der Waals surface area (Å²) in [5.41, 5.74) is 0.534. The van der Waals surface area contributed by atoms with Crippen molar-refractivity contribution in [2.45, 2.75) is 19.3 Å². The topological polar surface area (TPSA) is 78.8 Å². The van der Waals surface area contributed by atoms with Gasteiger partial charge in [0.1, 0.15) is 11.4 Å². The molecule has 0 aromatic heterocycles. The number of methoxy groups -OCH3 is 1. The summed E-state index contributed by atoms with van der Waals surface area (Å²) in [5, 5.41) is 0.569. The zero-order valence-corrected chi connectivity index (χ0v) is 13.0. The molecule has 1 aliphatic heterocycles. The molecule has 1 heterocycles. The van der Waals surface area contributed by atoms with Gasteiger partial charge in [-0.25, -0.2) is 9.79 Å². The first-order valence-electron chi connectivity index (χ1n) is 6.40. The van der Waals surface area contributed by atoms with Gasteiger partial charge in [-0.2, -0.15) is 0 Å². The molecular weight excluding hydrogens is 314 g/mol. The molecule has 2 rings (SSSR count). The number of hydrogen-bond acceptors (Lipinski definition) is 5. The van der Waals surface area contributed by atoms with Gasteiger partial charge in [0.2, 0.25) is 5.04 Å². The van der Waals surface area contributed by atoms with Gasteiger partial charge < -0.3 is 9.29 Å². The van der Waals surface area contributed by atoms with E-state index in [0.29, 0.717) is 23.5 Å². The summed E-state index contributed by atoms with van der Waals surface area (Å²) in [4.78, 5) is 27.1. The molecule has 0 aliphatic carbocycles. The molecule has 1 aromatic carbocycles. The van der Waals surface area contributed by atoms with Gasteiger partial charge in [0.15, 0.2) is 6.29 Å². The summed E-state index contributed by atoms with van der Waals surface area (Å²) >= 11 is 4.97. The number of esters is 1. The molecule has 0 N–H and O–H groups in total. The van der Waals surface area contributed by atoms with Gasteiger partial charge in [-0.05, 0) is 25.0 Å². The highest BCUT2D eigenvalue weighted by molar-refractivity contribution is 8.06. The van der Waals surface area contributed by atoms with Crippen LogP contribution in [0.1, 0.15) is 40.0 Å². The Morgan fingerprint density at radius 3 is 2.86 bits per heavy atom. The van der Waals surface area contributed by atoms with Crippen molar-refractivity contribution in [3.05, 3.63) is 28.3 Å². The van der Waals surface area contributed by atoms with E-state index in [1.807, 2.05) is 0 Å². The lowest BCUT2D eigenvalue weighted by atomic mass is 10.1. The minimum absolute atomic E-state index is 0.0722. The van der Waals surface area contributed by atoms with E-state index >= 15 is 0 Å². The molecule has 21 heavy (non-hydrogen) atoms. The number of rotatable bonds is 3. The van der Waals surface area contributed by atoms with Crippen LogP contribution in [0.15, 0.2) is 17.1 Å². The predicted octanol–water partition coefficient (Wildman–Crippen LogP) is 2.90. The van der Waals surface area contributed by atoms with Crippen molar-refractivity contribution in [1.82, 2.24) is 0 Å². The average molecular weight is 328 g/mol. The van der Waals surface area contributed by atoms with Crippen LogP contribution >= 0.6 is 11.6 Å². The molecule has 1 saturated heterocycles. The first kappa shape index (κ1) is 16.0. The largest absolute Gasteiger partial charge is 0.610 e. The monoisotopic (exact) mass is 327 g/mol. The molecule has 112 valence electrons. The number of ether oxygens (including phenoxy) is 1. The van der Waals surface area contributed by atoms with E-state index in [9.17, 15) is 14.1 Å². The maximum absolute atomic E-state index is 12.0. The third-order valence-corrected chi connectivity index (χ3v) is 5.03. The van der Waals surface area contributed by atoms with E-state index in [0.717, 1.165) is 12.8 Å². The fourth-order valence-electron chi connectivity index (χ4n) is 2.03. The number of nitrogens with zero attached hydrogens (tertiary/aromatic N) is 1. The quantitative estimate of drug-likeness (QED) is 0.486. The van der Waals surface area contributed by atoms with Gasteiger partial charge in [0.25, 0.3) is 0 Å². The van der Waals surface area contributed by atoms with Crippen molar-refractivity contribution in [3.63, 3.8) is 0 Å². The van der Waals surface area contributed by atoms with Gasteiger partial charge in [0.05, 0.1) is 17.7 Å². The van der Waals surface area contributed by atoms with E-state index in [1.165, 1.54) is 19.2 Å². The Bertz CT molecular complexity index is 603. The Kier molecular flexibility index (Phi) is 5.39. The smallest absolute Gasteiger partial charge is 0.340 e. The van der Waals surface area contributed by atoms with E-state index in [-0.39, 0.29) is 21.8 Å². The fraction of sp³-hybridized carbons (Fsp3) is 0.357. The summed E-state index contributed by atoms with van der Waals surface area (Å²) in [6.45, 7) is 0. The molecule has 1 aromatic rings. The highest BCUT2D eigenvalue weighted by atomic mass is 35.5. The SMILES string of the molecule is COC(=O)c1ccc(C=O)c(Cl)c1N=C1CCCC[S+]1[O-]. The van der Waals surface area contributed by atoms with Gasteiger partial charge in [0, 0.05) is 23.2 Å². The molecule has 7 heteroatoms. The first-order valence-corrected chi connectivity index (χ1v) is 8.10. The fourth-order valence-corrected chi connectivity index (χ4v) is 3.55. The van der Waals surface area contributed by atoms with Gasteiger partial charge in [-0.3, -0.25) is 4.79 Å². The summed E-state index contributed by atoms with van der Waals surface area (Å²) in [6.07, 6.45) is 2.96. The van der Waals surface area contributed by atoms with Crippen LogP contribution in [0.25, 0.3) is 0 Å². The number of benzene rings is 1. The molecular formula is C14H14ClNO4S. The molecule has 0 spiro atoms. The normalized spacial score (nSPS) is 20.3. The van der Waals surface area contributed by atoms with E-state index in [2.05, 4.69) is 4.99 Å². The number of hydrogen-bond donors (Lipinski definition) is 0. The molecule has 0 saturated carbocycles. The second-order valence-corrected chi connectivity index (χ2v) is 6.44. The van der Waals surface area contributed by atoms with E-state index < -0.39 is 17.1 Å². The molecule has 1 fully saturated rings. The third-order valence-electron chi connectivity index (χ3n) is 3.15. The highest BCUT2D eigenvalue weighted by Gasteiger charge is 2.24. The van der Waals surface area contributed by atoms with Crippen LogP contribution in [0.3, 0.4) is 0 Å². The Labute approximate surface area is 130 Å². The van der Waals surface area contributed by atoms with Crippen LogP contribution in [0.2, 0.25) is 5.02 Å². The van der Waals surface area contributed by atoms with E-state index in [4.69, 9.17) is 16.3 Å². The van der Waals surface area contributed by atoms with Crippen molar-refractivity contribution in [2.24, 2.45) is 4.99 Å². The molecule has 0 bridgehead atoms. The van der Waals surface area contributed by atoms with Crippen LogP contribution in [0, 0.1) is 0 Å². The summed E-state index contributed by atoms with van der Waals surface area (Å²) < 4.78 is 16.7. The lowest BCUT2D eigenvalue weighted by Crippen LogP contribution is -2.23. The van der Waals surface area contributed by atoms with Crippen molar-refractivity contribution in [2.75, 3.05) is 12.9 Å². The van der Waals surface area contributed by atoms with Crippen molar-refractivity contribution in [1.29, 1.82) is 0 Å². The van der Waals surface area contributed by atoms with Gasteiger partial charge >= 0.3 is 5.97 Å². The maximum atomic E-state index is 12.0. The lowest BCUT2D eigenvalue weighted by Gasteiger charge is -2.18. The molecule has 0 amide bonds. The van der Waals surface area contributed by atoms with Crippen molar-refractivity contribution >= 4 is 45.8 Å². The zero-order chi connectivity index (χ0) is 15.4. The molecule has 0 radical (unpaired) electrons. The van der Waals surface area contributed by atoms with Crippen molar-refractivity contribution in [3.8, 4) is 0 Å². The Morgan fingerprint density at radius 2 is 2.24 bits per heavy atom. The Hall–Kier alpha value is -1.37. The van der Waals surface area contributed by atoms with Crippen LogP contribution in [0.4, 0.5) is 5.69 Å². The van der Waals surface area contributed by atoms with E-state index in [1.54, 1.807) is 0 Å². The Morgan fingerprint density at radius 1 is 1.48 bits per heavy atom. The lowest BCUT2D eigenvalue weighted by molar-refractivity contribution is 0.0601. The summed E-state index contributed by atoms with van der Waals surface area (Å²) in [6, 6.07) is 2.87. The first-order chi connectivity index (χ1) is 10.1. The van der Waals surface area contributed by atoms with Crippen LogP contribution in [-0.2, 0) is 15.9 Å². The summed E-state index contributed by atoms with van der Waals surface area (Å²) in [5.74, 6) is -0.0486. The maximum Gasteiger partial charge on any atom is 0.340 e. The van der Waals surface area contributed by atoms with Crippen LogP contribution < -0.4 is 0 Å². The second-order valence-electron chi connectivity index (χ2n) is 4.49. The minimum Gasteiger partial charge on any atom is -0.610 e. The third kappa shape index (κ3) is 3.45. The number of halogens is 1. The second kappa shape index (κ2) is 7.06. The number of carbonyl (C=O) groups excluding carboxylic acids is 2. The van der Waals surface area contributed by atoms with Crippen molar-refractivity contribution < 1.29 is 18.9 Å². The molecule has 1 aliphatic rings. The highest BCUT2D eigenvalue weighted by Crippen LogP contribution is 2.34. The van der Waals surface area contributed by atoms with Gasteiger partial charge in [-0.15, -0.1) is 0 Å². The minimum atomic E-state index is -1.17. The Balaban J connectivity index is 2.55. The number of aliphatic imine (C=N–C) groups is 1. The number of aldehydes is 1. The van der Waals surface area contributed by atoms with Crippen LogP contribution in [-0.4, -0.2) is 34.7 Å². The predicted molar refractivity (Wildman–Crippen MR) is 82.1 cm³/mol. The zero-order valence-electron chi connectivity index (χ0n) is 11.4. The summed E-state index contributed by atoms with van der Waals surface area (Å²) in [7, 11) is 1.25. The number of carbonyl (C=O) groups is 2. The van der Waals surface area contributed by atoms with Crippen LogP contribution in [0.5, 0.6) is 0 Å². The average Bonchev–Trinajstić information content (AvgIpc) is 2.50.